The summed E-state index contributed by atoms with van der Waals surface area (Å²) >= 11 is 0. The van der Waals surface area contributed by atoms with E-state index in [4.69, 9.17) is 0 Å². The van der Waals surface area contributed by atoms with E-state index in [1.54, 1.807) is 6.07 Å². The topological polar surface area (TPSA) is 78.1 Å². The third-order valence-corrected chi connectivity index (χ3v) is 5.11. The maximum atomic E-state index is 12.7. The Labute approximate surface area is 171 Å². The van der Waals surface area contributed by atoms with E-state index in [-0.39, 0.29) is 18.0 Å². The Balaban J connectivity index is 1.75. The van der Waals surface area contributed by atoms with Crippen molar-refractivity contribution < 1.29 is 4.79 Å². The van der Waals surface area contributed by atoms with Crippen LogP contribution < -0.4 is 10.9 Å². The first-order chi connectivity index (χ1) is 14.0. The van der Waals surface area contributed by atoms with Gasteiger partial charge in [-0.15, -0.1) is 0 Å². The molecule has 6 nitrogen and oxygen atoms in total. The molecular weight excluding hydrogens is 364 g/mol. The number of rotatable bonds is 8. The Morgan fingerprint density at radius 1 is 1.14 bits per heavy atom. The quantitative estimate of drug-likeness (QED) is 0.611. The highest BCUT2D eigenvalue weighted by Crippen LogP contribution is 2.18. The van der Waals surface area contributed by atoms with E-state index < -0.39 is 0 Å². The zero-order chi connectivity index (χ0) is 20.8. The minimum Gasteiger partial charge on any atom is -0.325 e. The fourth-order valence-electron chi connectivity index (χ4n) is 3.30. The molecule has 0 aliphatic rings. The van der Waals surface area contributed by atoms with Crippen LogP contribution in [0.25, 0.3) is 10.9 Å². The average molecular weight is 393 g/mol. The molecule has 0 saturated heterocycles. The smallest absolute Gasteiger partial charge is 0.258 e. The highest BCUT2D eigenvalue weighted by Gasteiger charge is 2.14. The Kier molecular flexibility index (Phi) is 6.77. The summed E-state index contributed by atoms with van der Waals surface area (Å²) in [5, 5.41) is 3.58. The van der Waals surface area contributed by atoms with Gasteiger partial charge in [0.2, 0.25) is 5.91 Å². The number of H-pyrrole nitrogens is 1. The fourth-order valence-corrected chi connectivity index (χ4v) is 3.30. The standard InChI is InChI=1S/C23H28N4O2/c1-4-5-13-27(15-22(28)25-19-12-8-9-16(2)17(19)3)14-21-24-20-11-7-6-10-18(20)23(29)26-21/h6-12H,4-5,13-15H2,1-3H3,(H,25,28)(H,24,26,29). The van der Waals surface area contributed by atoms with E-state index in [0.717, 1.165) is 36.2 Å². The number of benzene rings is 2. The van der Waals surface area contributed by atoms with Gasteiger partial charge in [0.15, 0.2) is 0 Å². The number of carbonyl (C=O) groups excluding carboxylic acids is 1. The van der Waals surface area contributed by atoms with Crippen LogP contribution in [0, 0.1) is 13.8 Å². The average Bonchev–Trinajstić information content (AvgIpc) is 2.69. The van der Waals surface area contributed by atoms with Crippen molar-refractivity contribution in [3.63, 3.8) is 0 Å². The minimum absolute atomic E-state index is 0.0714. The normalized spacial score (nSPS) is 11.2. The Hall–Kier alpha value is -2.99. The number of aromatic nitrogens is 2. The van der Waals surface area contributed by atoms with Crippen molar-refractivity contribution in [2.45, 2.75) is 40.2 Å². The third-order valence-electron chi connectivity index (χ3n) is 5.11. The monoisotopic (exact) mass is 392 g/mol. The van der Waals surface area contributed by atoms with Crippen LogP contribution in [-0.2, 0) is 11.3 Å². The van der Waals surface area contributed by atoms with Crippen LogP contribution >= 0.6 is 0 Å². The van der Waals surface area contributed by atoms with Crippen LogP contribution in [0.5, 0.6) is 0 Å². The summed E-state index contributed by atoms with van der Waals surface area (Å²) in [6.45, 7) is 7.56. The van der Waals surface area contributed by atoms with Gasteiger partial charge in [0.1, 0.15) is 5.82 Å². The predicted molar refractivity (Wildman–Crippen MR) is 117 cm³/mol. The van der Waals surface area contributed by atoms with Gasteiger partial charge < -0.3 is 10.3 Å². The molecule has 1 amide bonds. The Morgan fingerprint density at radius 2 is 1.93 bits per heavy atom. The molecule has 1 aromatic heterocycles. The molecule has 3 aromatic rings. The van der Waals surface area contributed by atoms with Gasteiger partial charge in [0, 0.05) is 5.69 Å². The van der Waals surface area contributed by atoms with E-state index in [2.05, 4.69) is 22.2 Å². The molecule has 0 aliphatic heterocycles. The lowest BCUT2D eigenvalue weighted by atomic mass is 10.1. The summed E-state index contributed by atoms with van der Waals surface area (Å²) in [5.41, 5.74) is 3.56. The van der Waals surface area contributed by atoms with Gasteiger partial charge in [-0.05, 0) is 56.1 Å². The first-order valence-corrected chi connectivity index (χ1v) is 10.0. The molecule has 2 aromatic carbocycles. The first kappa shape index (κ1) is 20.7. The zero-order valence-corrected chi connectivity index (χ0v) is 17.3. The van der Waals surface area contributed by atoms with Gasteiger partial charge >= 0.3 is 0 Å². The molecule has 29 heavy (non-hydrogen) atoms. The highest BCUT2D eigenvalue weighted by atomic mass is 16.2. The number of hydrogen-bond acceptors (Lipinski definition) is 4. The van der Waals surface area contributed by atoms with Gasteiger partial charge in [-0.1, -0.05) is 37.6 Å². The summed E-state index contributed by atoms with van der Waals surface area (Å²) in [6.07, 6.45) is 1.99. The number of hydrogen-bond donors (Lipinski definition) is 2. The van der Waals surface area contributed by atoms with E-state index in [1.165, 1.54) is 0 Å². The van der Waals surface area contributed by atoms with Gasteiger partial charge in [-0.2, -0.15) is 0 Å². The van der Waals surface area contributed by atoms with Gasteiger partial charge in [0.25, 0.3) is 5.56 Å². The van der Waals surface area contributed by atoms with Gasteiger partial charge in [-0.25, -0.2) is 4.98 Å². The van der Waals surface area contributed by atoms with Crippen molar-refractivity contribution in [3.05, 3.63) is 69.8 Å². The van der Waals surface area contributed by atoms with Crippen molar-refractivity contribution in [2.75, 3.05) is 18.4 Å². The van der Waals surface area contributed by atoms with E-state index >= 15 is 0 Å². The molecule has 0 saturated carbocycles. The lowest BCUT2D eigenvalue weighted by Gasteiger charge is -2.21. The second-order valence-corrected chi connectivity index (χ2v) is 7.39. The molecule has 3 rings (SSSR count). The summed E-state index contributed by atoms with van der Waals surface area (Å²) in [5.74, 6) is 0.502. The van der Waals surface area contributed by atoms with Crippen molar-refractivity contribution in [1.29, 1.82) is 0 Å². The molecule has 0 atom stereocenters. The van der Waals surface area contributed by atoms with Gasteiger partial charge in [0.05, 0.1) is 24.0 Å². The predicted octanol–water partition coefficient (Wildman–Crippen LogP) is 3.78. The summed E-state index contributed by atoms with van der Waals surface area (Å²) in [4.78, 5) is 34.5. The number of unbranched alkanes of at least 4 members (excludes halogenated alkanes) is 1. The molecule has 2 N–H and O–H groups in total. The van der Waals surface area contributed by atoms with Crippen molar-refractivity contribution >= 4 is 22.5 Å². The van der Waals surface area contributed by atoms with Gasteiger partial charge in [-0.3, -0.25) is 14.5 Å². The molecule has 6 heteroatoms. The number of nitrogens with zero attached hydrogens (tertiary/aromatic N) is 2. The summed E-state index contributed by atoms with van der Waals surface area (Å²) < 4.78 is 0. The zero-order valence-electron chi connectivity index (χ0n) is 17.3. The summed E-state index contributed by atoms with van der Waals surface area (Å²) in [6, 6.07) is 13.2. The largest absolute Gasteiger partial charge is 0.325 e. The summed E-state index contributed by atoms with van der Waals surface area (Å²) in [7, 11) is 0. The fraction of sp³-hybridized carbons (Fsp3) is 0.348. The lowest BCUT2D eigenvalue weighted by Crippen LogP contribution is -2.34. The molecular formula is C23H28N4O2. The maximum absolute atomic E-state index is 12.7. The molecule has 0 spiro atoms. The van der Waals surface area contributed by atoms with Crippen molar-refractivity contribution in [1.82, 2.24) is 14.9 Å². The molecule has 0 bridgehead atoms. The minimum atomic E-state index is -0.152. The van der Waals surface area contributed by atoms with Crippen LogP contribution in [0.3, 0.4) is 0 Å². The van der Waals surface area contributed by atoms with Crippen molar-refractivity contribution in [3.8, 4) is 0 Å². The molecule has 152 valence electrons. The third kappa shape index (κ3) is 5.29. The lowest BCUT2D eigenvalue weighted by molar-refractivity contribution is -0.117. The van der Waals surface area contributed by atoms with Crippen LogP contribution in [0.4, 0.5) is 5.69 Å². The van der Waals surface area contributed by atoms with Crippen LogP contribution in [0.1, 0.15) is 36.7 Å². The van der Waals surface area contributed by atoms with Crippen LogP contribution in [-0.4, -0.2) is 33.9 Å². The number of anilines is 1. The number of carbonyl (C=O) groups is 1. The Bertz CT molecular complexity index is 1060. The second kappa shape index (κ2) is 9.47. The number of aromatic amines is 1. The highest BCUT2D eigenvalue weighted by molar-refractivity contribution is 5.93. The number of nitrogens with one attached hydrogen (secondary N) is 2. The number of aryl methyl sites for hydroxylation is 1. The van der Waals surface area contributed by atoms with E-state index in [1.807, 2.05) is 55.1 Å². The first-order valence-electron chi connectivity index (χ1n) is 10.0. The van der Waals surface area contributed by atoms with E-state index in [0.29, 0.717) is 23.3 Å². The molecule has 0 radical (unpaired) electrons. The molecule has 1 heterocycles. The molecule has 0 aliphatic carbocycles. The molecule has 0 fully saturated rings. The van der Waals surface area contributed by atoms with Crippen LogP contribution in [0.15, 0.2) is 47.3 Å². The molecule has 0 unspecified atom stereocenters. The van der Waals surface area contributed by atoms with E-state index in [9.17, 15) is 9.59 Å². The Morgan fingerprint density at radius 3 is 2.72 bits per heavy atom. The number of fused-ring (bicyclic) bond motifs is 1. The second-order valence-electron chi connectivity index (χ2n) is 7.39. The van der Waals surface area contributed by atoms with Crippen molar-refractivity contribution in [2.24, 2.45) is 0 Å². The number of para-hydroxylation sites is 1. The van der Waals surface area contributed by atoms with Crippen LogP contribution in [0.2, 0.25) is 0 Å². The SMILES string of the molecule is CCCCN(CC(=O)Nc1cccc(C)c1C)Cc1nc2ccccc2c(=O)[nH]1. The number of amides is 1. The maximum Gasteiger partial charge on any atom is 0.258 e.